The van der Waals surface area contributed by atoms with Crippen LogP contribution in [-0.4, -0.2) is 47.7 Å². The molecule has 1 aliphatic rings. The lowest BCUT2D eigenvalue weighted by atomic mass is 9.92. The highest BCUT2D eigenvalue weighted by Gasteiger charge is 2.23. The van der Waals surface area contributed by atoms with Gasteiger partial charge >= 0.3 is 0 Å². The lowest BCUT2D eigenvalue weighted by molar-refractivity contribution is 0.160. The molecule has 0 amide bonds. The average Bonchev–Trinajstić information content (AvgIpc) is 3.24. The molecule has 7 nitrogen and oxygen atoms in total. The lowest BCUT2D eigenvalue weighted by Crippen LogP contribution is -2.26. The van der Waals surface area contributed by atoms with Gasteiger partial charge in [-0.1, -0.05) is 20.8 Å². The van der Waals surface area contributed by atoms with Gasteiger partial charge in [0.25, 0.3) is 0 Å². The Kier molecular flexibility index (Phi) is 6.91. The van der Waals surface area contributed by atoms with Gasteiger partial charge in [0.05, 0.1) is 6.54 Å². The van der Waals surface area contributed by atoms with Crippen LogP contribution in [0.25, 0.3) is 0 Å². The number of nitrogens with zero attached hydrogens (tertiary/aromatic N) is 3. The van der Waals surface area contributed by atoms with E-state index in [1.54, 1.807) is 13.4 Å². The number of ether oxygens (including phenoxy) is 1. The third-order valence-electron chi connectivity index (χ3n) is 4.86. The van der Waals surface area contributed by atoms with Gasteiger partial charge in [-0.25, -0.2) is 9.97 Å². The molecule has 154 valence electrons. The summed E-state index contributed by atoms with van der Waals surface area (Å²) in [5.74, 6) is 3.61. The molecule has 1 saturated heterocycles. The Morgan fingerprint density at radius 2 is 2.00 bits per heavy atom. The quantitative estimate of drug-likeness (QED) is 0.679. The van der Waals surface area contributed by atoms with Gasteiger partial charge in [-0.15, -0.1) is 0 Å². The molecule has 0 spiro atoms. The molecule has 3 heterocycles. The van der Waals surface area contributed by atoms with Crippen molar-refractivity contribution in [1.82, 2.24) is 14.9 Å². The van der Waals surface area contributed by atoms with Crippen LogP contribution in [0.1, 0.15) is 45.1 Å². The van der Waals surface area contributed by atoms with Gasteiger partial charge in [0.1, 0.15) is 36.1 Å². The minimum absolute atomic E-state index is 0.312. The van der Waals surface area contributed by atoms with E-state index < -0.39 is 0 Å². The highest BCUT2D eigenvalue weighted by atomic mass is 16.5. The molecule has 0 radical (unpaired) electrons. The van der Waals surface area contributed by atoms with Crippen molar-refractivity contribution in [1.29, 1.82) is 0 Å². The van der Waals surface area contributed by atoms with E-state index in [0.29, 0.717) is 18.1 Å². The van der Waals surface area contributed by atoms with Gasteiger partial charge in [-0.05, 0) is 30.4 Å². The van der Waals surface area contributed by atoms with Crippen LogP contribution in [0.2, 0.25) is 0 Å². The Labute approximate surface area is 167 Å². The van der Waals surface area contributed by atoms with Crippen molar-refractivity contribution >= 4 is 11.6 Å². The molecule has 0 saturated carbocycles. The van der Waals surface area contributed by atoms with Gasteiger partial charge in [-0.3, -0.25) is 4.90 Å². The van der Waals surface area contributed by atoms with Crippen LogP contribution in [0.5, 0.6) is 0 Å². The van der Waals surface area contributed by atoms with E-state index in [1.165, 1.54) is 0 Å². The number of aromatic nitrogens is 2. The van der Waals surface area contributed by atoms with Crippen molar-refractivity contribution in [2.24, 2.45) is 5.41 Å². The van der Waals surface area contributed by atoms with Crippen molar-refractivity contribution in [3.63, 3.8) is 0 Å². The van der Waals surface area contributed by atoms with E-state index in [1.807, 2.05) is 18.2 Å². The Hall–Kier alpha value is -2.12. The van der Waals surface area contributed by atoms with E-state index in [-0.39, 0.29) is 0 Å². The second-order valence-corrected chi connectivity index (χ2v) is 8.69. The molecule has 0 unspecified atom stereocenters. The molecule has 1 fully saturated rings. The molecular weight excluding hydrogens is 354 g/mol. The molecule has 28 heavy (non-hydrogen) atoms. The van der Waals surface area contributed by atoms with E-state index in [2.05, 4.69) is 46.3 Å². The van der Waals surface area contributed by atoms with Gasteiger partial charge in [0.15, 0.2) is 0 Å². The SMILES string of the molecule is COCc1ccc(CN2CC[C@H](Nc3cc(NCCC(C)(C)C)ncn3)C2)o1. The third kappa shape index (κ3) is 6.49. The number of anilines is 2. The fourth-order valence-corrected chi connectivity index (χ4v) is 3.35. The Bertz CT molecular complexity index is 740. The minimum atomic E-state index is 0.312. The van der Waals surface area contributed by atoms with Crippen molar-refractivity contribution in [3.05, 3.63) is 36.0 Å². The second-order valence-electron chi connectivity index (χ2n) is 8.69. The van der Waals surface area contributed by atoms with Gasteiger partial charge in [0, 0.05) is 38.9 Å². The molecule has 7 heteroatoms. The van der Waals surface area contributed by atoms with Crippen LogP contribution in [0.15, 0.2) is 28.9 Å². The Morgan fingerprint density at radius 1 is 1.21 bits per heavy atom. The van der Waals surface area contributed by atoms with Gasteiger partial charge in [-0.2, -0.15) is 0 Å². The minimum Gasteiger partial charge on any atom is -0.462 e. The summed E-state index contributed by atoms with van der Waals surface area (Å²) < 4.78 is 10.9. The van der Waals surface area contributed by atoms with E-state index in [0.717, 1.165) is 62.2 Å². The summed E-state index contributed by atoms with van der Waals surface area (Å²) in [4.78, 5) is 11.1. The summed E-state index contributed by atoms with van der Waals surface area (Å²) in [6.07, 6.45) is 3.80. The average molecular weight is 388 g/mol. The summed E-state index contributed by atoms with van der Waals surface area (Å²) in [7, 11) is 1.68. The number of rotatable bonds is 9. The number of hydrogen-bond acceptors (Lipinski definition) is 7. The molecular formula is C21H33N5O2. The van der Waals surface area contributed by atoms with Gasteiger partial charge in [0.2, 0.25) is 0 Å². The smallest absolute Gasteiger partial charge is 0.131 e. The topological polar surface area (TPSA) is 75.5 Å². The molecule has 2 N–H and O–H groups in total. The number of hydrogen-bond donors (Lipinski definition) is 2. The maximum absolute atomic E-state index is 5.80. The first-order chi connectivity index (χ1) is 13.4. The molecule has 0 bridgehead atoms. The summed E-state index contributed by atoms with van der Waals surface area (Å²) in [5, 5.41) is 6.94. The lowest BCUT2D eigenvalue weighted by Gasteiger charge is -2.19. The summed E-state index contributed by atoms with van der Waals surface area (Å²) in [5.41, 5.74) is 0.312. The predicted octanol–water partition coefficient (Wildman–Crippen LogP) is 3.75. The largest absolute Gasteiger partial charge is 0.462 e. The normalized spacial score (nSPS) is 17.8. The summed E-state index contributed by atoms with van der Waals surface area (Å²) in [6, 6.07) is 6.40. The highest BCUT2D eigenvalue weighted by Crippen LogP contribution is 2.20. The first-order valence-electron chi connectivity index (χ1n) is 10.0. The Morgan fingerprint density at radius 3 is 2.79 bits per heavy atom. The molecule has 2 aromatic heterocycles. The number of methoxy groups -OCH3 is 1. The zero-order chi connectivity index (χ0) is 20.0. The van der Waals surface area contributed by atoms with Crippen LogP contribution in [0.4, 0.5) is 11.6 Å². The van der Waals surface area contributed by atoms with E-state index in [4.69, 9.17) is 9.15 Å². The zero-order valence-electron chi connectivity index (χ0n) is 17.5. The maximum Gasteiger partial charge on any atom is 0.131 e. The number of furan rings is 1. The monoisotopic (exact) mass is 387 g/mol. The first-order valence-corrected chi connectivity index (χ1v) is 10.0. The second kappa shape index (κ2) is 9.39. The highest BCUT2D eigenvalue weighted by molar-refractivity contribution is 5.47. The number of likely N-dealkylation sites (tertiary alicyclic amines) is 1. The molecule has 0 aliphatic carbocycles. The maximum atomic E-state index is 5.80. The Balaban J connectivity index is 1.46. The molecule has 0 aromatic carbocycles. The summed E-state index contributed by atoms with van der Waals surface area (Å²) in [6.45, 7) is 11.0. The van der Waals surface area contributed by atoms with Crippen molar-refractivity contribution in [2.45, 2.75) is 52.8 Å². The van der Waals surface area contributed by atoms with Crippen molar-refractivity contribution in [2.75, 3.05) is 37.4 Å². The molecule has 3 rings (SSSR count). The summed E-state index contributed by atoms with van der Waals surface area (Å²) >= 11 is 0. The standard InChI is InChI=1S/C21H33N5O2/c1-21(2,3)8-9-22-19-11-20(24-15-23-19)25-16-7-10-26(12-16)13-17-5-6-18(28-17)14-27-4/h5-6,11,15-16H,7-10,12-14H2,1-4H3,(H2,22,23,24,25)/t16-/m0/s1. The van der Waals surface area contributed by atoms with Crippen LogP contribution < -0.4 is 10.6 Å². The molecule has 1 atom stereocenters. The number of nitrogens with one attached hydrogen (secondary N) is 2. The molecule has 2 aromatic rings. The van der Waals surface area contributed by atoms with Crippen LogP contribution >= 0.6 is 0 Å². The van der Waals surface area contributed by atoms with E-state index >= 15 is 0 Å². The third-order valence-corrected chi connectivity index (χ3v) is 4.86. The molecule has 1 aliphatic heterocycles. The van der Waals surface area contributed by atoms with Crippen molar-refractivity contribution < 1.29 is 9.15 Å². The van der Waals surface area contributed by atoms with Crippen LogP contribution in [0.3, 0.4) is 0 Å². The predicted molar refractivity (Wildman–Crippen MR) is 111 cm³/mol. The fraction of sp³-hybridized carbons (Fsp3) is 0.619. The van der Waals surface area contributed by atoms with Crippen molar-refractivity contribution in [3.8, 4) is 0 Å². The van der Waals surface area contributed by atoms with Gasteiger partial charge < -0.3 is 19.8 Å². The fourth-order valence-electron chi connectivity index (χ4n) is 3.35. The van der Waals surface area contributed by atoms with E-state index in [9.17, 15) is 0 Å². The van der Waals surface area contributed by atoms with Crippen LogP contribution in [-0.2, 0) is 17.9 Å². The first kappa shape index (κ1) is 20.6. The zero-order valence-corrected chi connectivity index (χ0v) is 17.5. The van der Waals surface area contributed by atoms with Crippen LogP contribution in [0, 0.1) is 5.41 Å².